The van der Waals surface area contributed by atoms with Gasteiger partial charge in [0.25, 0.3) is 0 Å². The zero-order chi connectivity index (χ0) is 15.3. The summed E-state index contributed by atoms with van der Waals surface area (Å²) in [6, 6.07) is 3.95. The lowest BCUT2D eigenvalue weighted by atomic mass is 10.1. The average molecular weight is 296 g/mol. The molecule has 0 saturated carbocycles. The molecule has 0 N–H and O–H groups in total. The van der Waals surface area contributed by atoms with Crippen LogP contribution in [-0.4, -0.2) is 29.4 Å². The van der Waals surface area contributed by atoms with E-state index >= 15 is 0 Å². The Morgan fingerprint density at radius 1 is 1.18 bits per heavy atom. The maximum Gasteiger partial charge on any atom is 0.217 e. The number of hydrogen-bond donors (Lipinski definition) is 0. The fourth-order valence-corrected chi connectivity index (χ4v) is 2.36. The Labute approximate surface area is 126 Å². The average Bonchev–Trinajstić information content (AvgIpc) is 3.22. The van der Waals surface area contributed by atoms with Crippen molar-refractivity contribution in [3.8, 4) is 11.6 Å². The van der Waals surface area contributed by atoms with E-state index in [2.05, 4.69) is 40.9 Å². The first-order valence-corrected chi connectivity index (χ1v) is 7.27. The number of nitrogens with zero attached hydrogens (tertiary/aromatic N) is 6. The van der Waals surface area contributed by atoms with E-state index < -0.39 is 0 Å². The smallest absolute Gasteiger partial charge is 0.217 e. The molecular formula is C15H16N6O. The molecule has 0 aromatic carbocycles. The van der Waals surface area contributed by atoms with Crippen LogP contribution < -0.4 is 0 Å². The molecule has 4 rings (SSSR count). The lowest BCUT2D eigenvalue weighted by Gasteiger charge is -2.15. The summed E-state index contributed by atoms with van der Waals surface area (Å²) in [4.78, 5) is 8.93. The van der Waals surface area contributed by atoms with Crippen molar-refractivity contribution >= 4 is 16.7 Å². The highest BCUT2D eigenvalue weighted by atomic mass is 16.3. The monoisotopic (exact) mass is 296 g/mol. The van der Waals surface area contributed by atoms with E-state index in [-0.39, 0.29) is 0 Å². The minimum atomic E-state index is 0.293. The zero-order valence-electron chi connectivity index (χ0n) is 12.6. The molecule has 0 aliphatic heterocycles. The second-order valence-corrected chi connectivity index (χ2v) is 5.76. The van der Waals surface area contributed by atoms with Gasteiger partial charge in [0, 0.05) is 6.20 Å². The summed E-state index contributed by atoms with van der Waals surface area (Å²) < 4.78 is 8.96. The second kappa shape index (κ2) is 4.66. The normalized spacial score (nSPS) is 13.5. The summed E-state index contributed by atoms with van der Waals surface area (Å²) in [6.07, 6.45) is 5.23. The Hall–Kier alpha value is -2.70. The number of furan rings is 1. The van der Waals surface area contributed by atoms with E-state index in [1.807, 2.05) is 23.0 Å². The first kappa shape index (κ1) is 13.0. The summed E-state index contributed by atoms with van der Waals surface area (Å²) in [7, 11) is 0. The Kier molecular flexibility index (Phi) is 2.75. The first-order chi connectivity index (χ1) is 10.6. The highest BCUT2D eigenvalue weighted by Gasteiger charge is 2.16. The SMILES string of the molecule is CC(C)C(C)n1cc2c(ncn3nc(-c4ccco4)nc23)n1. The van der Waals surface area contributed by atoms with Crippen molar-refractivity contribution < 1.29 is 4.42 Å². The molecule has 1 unspecified atom stereocenters. The van der Waals surface area contributed by atoms with Crippen LogP contribution in [0.2, 0.25) is 0 Å². The fraction of sp³-hybridized carbons (Fsp3) is 0.333. The highest BCUT2D eigenvalue weighted by molar-refractivity contribution is 5.88. The second-order valence-electron chi connectivity index (χ2n) is 5.76. The molecule has 4 aromatic heterocycles. The Morgan fingerprint density at radius 2 is 2.05 bits per heavy atom. The highest BCUT2D eigenvalue weighted by Crippen LogP contribution is 2.23. The lowest BCUT2D eigenvalue weighted by molar-refractivity contribution is 0.377. The fourth-order valence-electron chi connectivity index (χ4n) is 2.36. The quantitative estimate of drug-likeness (QED) is 0.581. The Bertz CT molecular complexity index is 934. The van der Waals surface area contributed by atoms with Crippen molar-refractivity contribution in [2.75, 3.05) is 0 Å². The minimum absolute atomic E-state index is 0.293. The van der Waals surface area contributed by atoms with Gasteiger partial charge in [0.2, 0.25) is 5.82 Å². The largest absolute Gasteiger partial charge is 0.461 e. The molecule has 0 bridgehead atoms. The molecule has 0 aliphatic carbocycles. The number of rotatable bonds is 3. The van der Waals surface area contributed by atoms with Crippen molar-refractivity contribution in [2.45, 2.75) is 26.8 Å². The maximum atomic E-state index is 5.36. The summed E-state index contributed by atoms with van der Waals surface area (Å²) in [5.41, 5.74) is 1.41. The molecule has 0 saturated heterocycles. The number of fused-ring (bicyclic) bond motifs is 3. The van der Waals surface area contributed by atoms with E-state index in [0.29, 0.717) is 29.2 Å². The van der Waals surface area contributed by atoms with Gasteiger partial charge in [-0.2, -0.15) is 5.10 Å². The van der Waals surface area contributed by atoms with Gasteiger partial charge in [-0.25, -0.2) is 14.5 Å². The zero-order valence-corrected chi connectivity index (χ0v) is 12.6. The molecule has 4 aromatic rings. The van der Waals surface area contributed by atoms with Gasteiger partial charge < -0.3 is 4.42 Å². The molecule has 0 amide bonds. The molecule has 112 valence electrons. The van der Waals surface area contributed by atoms with Gasteiger partial charge in [0.1, 0.15) is 6.33 Å². The minimum Gasteiger partial charge on any atom is -0.461 e. The molecule has 0 aliphatic rings. The van der Waals surface area contributed by atoms with Gasteiger partial charge in [0.05, 0.1) is 17.7 Å². The number of aromatic nitrogens is 6. The van der Waals surface area contributed by atoms with Gasteiger partial charge in [-0.15, -0.1) is 5.10 Å². The maximum absolute atomic E-state index is 5.36. The topological polar surface area (TPSA) is 74.0 Å². The Balaban J connectivity index is 1.91. The van der Waals surface area contributed by atoms with Gasteiger partial charge >= 0.3 is 0 Å². The third-order valence-electron chi connectivity index (χ3n) is 4.00. The predicted octanol–water partition coefficient (Wildman–Crippen LogP) is 2.95. The van der Waals surface area contributed by atoms with Crippen molar-refractivity contribution in [2.24, 2.45) is 5.92 Å². The number of hydrogen-bond acceptors (Lipinski definition) is 5. The lowest BCUT2D eigenvalue weighted by Crippen LogP contribution is -2.11. The van der Waals surface area contributed by atoms with Crippen molar-refractivity contribution in [1.82, 2.24) is 29.4 Å². The van der Waals surface area contributed by atoms with Crippen molar-refractivity contribution in [3.63, 3.8) is 0 Å². The van der Waals surface area contributed by atoms with Crippen LogP contribution in [0.25, 0.3) is 28.3 Å². The van der Waals surface area contributed by atoms with Crippen LogP contribution in [0.3, 0.4) is 0 Å². The molecule has 0 spiro atoms. The van der Waals surface area contributed by atoms with Crippen LogP contribution >= 0.6 is 0 Å². The van der Waals surface area contributed by atoms with Gasteiger partial charge in [-0.1, -0.05) is 13.8 Å². The van der Waals surface area contributed by atoms with Gasteiger partial charge in [0.15, 0.2) is 17.1 Å². The summed E-state index contributed by atoms with van der Waals surface area (Å²) in [5.74, 6) is 1.67. The van der Waals surface area contributed by atoms with E-state index in [4.69, 9.17) is 4.42 Å². The van der Waals surface area contributed by atoms with Crippen molar-refractivity contribution in [1.29, 1.82) is 0 Å². The predicted molar refractivity (Wildman–Crippen MR) is 81.3 cm³/mol. The molecule has 1 atom stereocenters. The summed E-state index contributed by atoms with van der Waals surface area (Å²) >= 11 is 0. The van der Waals surface area contributed by atoms with Crippen LogP contribution in [0.1, 0.15) is 26.8 Å². The van der Waals surface area contributed by atoms with E-state index in [9.17, 15) is 0 Å². The molecule has 22 heavy (non-hydrogen) atoms. The van der Waals surface area contributed by atoms with E-state index in [1.165, 1.54) is 0 Å². The van der Waals surface area contributed by atoms with Crippen molar-refractivity contribution in [3.05, 3.63) is 30.9 Å². The summed E-state index contributed by atoms with van der Waals surface area (Å²) in [6.45, 7) is 6.49. The van der Waals surface area contributed by atoms with Crippen LogP contribution in [0.4, 0.5) is 0 Å². The molecular weight excluding hydrogens is 280 g/mol. The standard InChI is InChI=1S/C15H16N6O/c1-9(2)10(3)20-7-11-13(18-20)16-8-21-15(11)17-14(19-21)12-5-4-6-22-12/h4-10H,1-3H3. The third-order valence-corrected chi connectivity index (χ3v) is 4.00. The first-order valence-electron chi connectivity index (χ1n) is 7.27. The molecule has 7 heteroatoms. The van der Waals surface area contributed by atoms with Crippen LogP contribution in [0.15, 0.2) is 35.3 Å². The molecule has 4 heterocycles. The van der Waals surface area contributed by atoms with Crippen LogP contribution in [0.5, 0.6) is 0 Å². The molecule has 0 radical (unpaired) electrons. The Morgan fingerprint density at radius 3 is 2.77 bits per heavy atom. The van der Waals surface area contributed by atoms with Gasteiger partial charge in [-0.3, -0.25) is 4.68 Å². The van der Waals surface area contributed by atoms with E-state index in [1.54, 1.807) is 17.1 Å². The van der Waals surface area contributed by atoms with Crippen LogP contribution in [-0.2, 0) is 0 Å². The van der Waals surface area contributed by atoms with E-state index in [0.717, 1.165) is 11.0 Å². The molecule has 0 fully saturated rings. The van der Waals surface area contributed by atoms with Crippen LogP contribution in [0, 0.1) is 5.92 Å². The summed E-state index contributed by atoms with van der Waals surface area (Å²) in [5, 5.41) is 9.85. The molecule has 7 nitrogen and oxygen atoms in total. The van der Waals surface area contributed by atoms with Gasteiger partial charge in [-0.05, 0) is 25.0 Å². The third kappa shape index (κ3) is 1.89.